The Balaban J connectivity index is 2.36. The monoisotopic (exact) mass is 284 g/mol. The summed E-state index contributed by atoms with van der Waals surface area (Å²) in [6.45, 7) is 9.88. The molecule has 4 nitrogen and oxygen atoms in total. The van der Waals surface area contributed by atoms with Gasteiger partial charge in [-0.25, -0.2) is 0 Å². The first-order valence-corrected chi connectivity index (χ1v) is 7.97. The normalized spacial score (nSPS) is 18.7. The summed E-state index contributed by atoms with van der Waals surface area (Å²) in [5.41, 5.74) is 0.156. The molecular weight excluding hydrogens is 252 g/mol. The van der Waals surface area contributed by atoms with Crippen LogP contribution in [0.2, 0.25) is 0 Å². The molecule has 1 aliphatic rings. The van der Waals surface area contributed by atoms with Crippen molar-refractivity contribution in [1.29, 1.82) is 0 Å². The molecule has 0 aromatic rings. The number of nitrogens with zero attached hydrogens (tertiary/aromatic N) is 1. The first kappa shape index (κ1) is 17.4. The second-order valence-corrected chi connectivity index (χ2v) is 6.75. The maximum Gasteiger partial charge on any atom is 0.239 e. The Morgan fingerprint density at radius 2 is 1.85 bits per heavy atom. The predicted octanol–water partition coefficient (Wildman–Crippen LogP) is 2.43. The Hall–Kier alpha value is -0.610. The van der Waals surface area contributed by atoms with Gasteiger partial charge >= 0.3 is 0 Å². The molecule has 1 unspecified atom stereocenters. The van der Waals surface area contributed by atoms with E-state index in [4.69, 9.17) is 4.74 Å². The van der Waals surface area contributed by atoms with Crippen LogP contribution in [0.1, 0.15) is 52.9 Å². The Morgan fingerprint density at radius 1 is 1.25 bits per heavy atom. The van der Waals surface area contributed by atoms with E-state index in [-0.39, 0.29) is 17.4 Å². The van der Waals surface area contributed by atoms with E-state index < -0.39 is 0 Å². The minimum absolute atomic E-state index is 0.0880. The van der Waals surface area contributed by atoms with Crippen LogP contribution in [0, 0.1) is 5.41 Å². The summed E-state index contributed by atoms with van der Waals surface area (Å²) in [6.07, 6.45) is 5.82. The summed E-state index contributed by atoms with van der Waals surface area (Å²) in [7, 11) is 1.73. The van der Waals surface area contributed by atoms with E-state index in [0.717, 1.165) is 45.5 Å². The third kappa shape index (κ3) is 6.23. The van der Waals surface area contributed by atoms with Crippen LogP contribution in [-0.4, -0.2) is 50.2 Å². The van der Waals surface area contributed by atoms with E-state index in [1.807, 2.05) is 11.8 Å². The number of nitrogens with one attached hydrogen (secondary N) is 1. The lowest BCUT2D eigenvalue weighted by atomic mass is 9.89. The van der Waals surface area contributed by atoms with Crippen LogP contribution >= 0.6 is 0 Å². The third-order valence-electron chi connectivity index (χ3n) is 4.16. The van der Waals surface area contributed by atoms with Crippen LogP contribution in [0.4, 0.5) is 0 Å². The van der Waals surface area contributed by atoms with Crippen molar-refractivity contribution in [1.82, 2.24) is 10.2 Å². The molecule has 0 aromatic carbocycles. The molecule has 1 fully saturated rings. The molecule has 0 saturated carbocycles. The lowest BCUT2D eigenvalue weighted by Gasteiger charge is -2.29. The van der Waals surface area contributed by atoms with Crippen LogP contribution in [0.5, 0.6) is 0 Å². The van der Waals surface area contributed by atoms with E-state index in [1.165, 1.54) is 12.8 Å². The number of amides is 1. The molecule has 4 heteroatoms. The quantitative estimate of drug-likeness (QED) is 0.780. The smallest absolute Gasteiger partial charge is 0.239 e. The Labute approximate surface area is 124 Å². The maximum absolute atomic E-state index is 12.4. The molecule has 1 saturated heterocycles. The molecule has 0 aliphatic carbocycles. The molecule has 1 aliphatic heterocycles. The molecule has 118 valence electrons. The maximum atomic E-state index is 12.4. The summed E-state index contributed by atoms with van der Waals surface area (Å²) in [5.74, 6) is 0.259. The molecule has 0 aromatic heterocycles. The highest BCUT2D eigenvalue weighted by Crippen LogP contribution is 2.19. The van der Waals surface area contributed by atoms with Crippen LogP contribution in [0.25, 0.3) is 0 Å². The second kappa shape index (κ2) is 8.63. The summed E-state index contributed by atoms with van der Waals surface area (Å²) in [4.78, 5) is 14.5. The topological polar surface area (TPSA) is 41.6 Å². The number of carbonyl (C=O) groups is 1. The number of likely N-dealkylation sites (tertiary alicyclic amines) is 1. The first-order valence-electron chi connectivity index (χ1n) is 7.97. The van der Waals surface area contributed by atoms with Gasteiger partial charge in [0.05, 0.1) is 6.04 Å². The van der Waals surface area contributed by atoms with E-state index in [9.17, 15) is 4.79 Å². The van der Waals surface area contributed by atoms with Gasteiger partial charge in [-0.1, -0.05) is 26.7 Å². The van der Waals surface area contributed by atoms with Gasteiger partial charge in [-0.15, -0.1) is 0 Å². The van der Waals surface area contributed by atoms with Gasteiger partial charge in [0.15, 0.2) is 0 Å². The van der Waals surface area contributed by atoms with Crippen LogP contribution in [0.3, 0.4) is 0 Å². The molecule has 0 spiro atoms. The van der Waals surface area contributed by atoms with Gasteiger partial charge in [0.1, 0.15) is 0 Å². The largest absolute Gasteiger partial charge is 0.385 e. The number of ether oxygens (including phenoxy) is 1. The van der Waals surface area contributed by atoms with E-state index >= 15 is 0 Å². The van der Waals surface area contributed by atoms with Gasteiger partial charge in [-0.3, -0.25) is 4.79 Å². The molecule has 1 N–H and O–H groups in total. The molecule has 1 atom stereocenters. The Bertz CT molecular complexity index is 284. The average molecular weight is 284 g/mol. The van der Waals surface area contributed by atoms with E-state index in [1.54, 1.807) is 7.11 Å². The molecule has 0 radical (unpaired) electrons. The number of carbonyl (C=O) groups excluding carboxylic acids is 1. The van der Waals surface area contributed by atoms with Crippen molar-refractivity contribution in [3.63, 3.8) is 0 Å². The van der Waals surface area contributed by atoms with Crippen molar-refractivity contribution in [3.8, 4) is 0 Å². The molecule has 1 heterocycles. The van der Waals surface area contributed by atoms with Crippen molar-refractivity contribution in [3.05, 3.63) is 0 Å². The molecule has 1 amide bonds. The van der Waals surface area contributed by atoms with Gasteiger partial charge in [0, 0.05) is 33.4 Å². The second-order valence-electron chi connectivity index (χ2n) is 6.75. The van der Waals surface area contributed by atoms with Gasteiger partial charge in [-0.05, 0) is 31.6 Å². The number of hydrogen-bond donors (Lipinski definition) is 1. The average Bonchev–Trinajstić information content (AvgIpc) is 2.71. The van der Waals surface area contributed by atoms with Crippen molar-refractivity contribution >= 4 is 5.91 Å². The fourth-order valence-electron chi connectivity index (χ4n) is 2.55. The Kier molecular flexibility index (Phi) is 7.52. The summed E-state index contributed by atoms with van der Waals surface area (Å²) >= 11 is 0. The van der Waals surface area contributed by atoms with E-state index in [2.05, 4.69) is 19.2 Å². The Morgan fingerprint density at radius 3 is 2.40 bits per heavy atom. The fourth-order valence-corrected chi connectivity index (χ4v) is 2.55. The number of rotatable bonds is 7. The summed E-state index contributed by atoms with van der Waals surface area (Å²) < 4.78 is 5.14. The lowest BCUT2D eigenvalue weighted by molar-refractivity contribution is -0.133. The highest BCUT2D eigenvalue weighted by atomic mass is 16.5. The zero-order chi connectivity index (χ0) is 15.0. The lowest BCUT2D eigenvalue weighted by Crippen LogP contribution is -2.47. The van der Waals surface area contributed by atoms with Crippen LogP contribution in [0.15, 0.2) is 0 Å². The fraction of sp³-hybridized carbons (Fsp3) is 0.938. The van der Waals surface area contributed by atoms with E-state index in [0.29, 0.717) is 0 Å². The third-order valence-corrected chi connectivity index (χ3v) is 4.16. The van der Waals surface area contributed by atoms with Crippen molar-refractivity contribution in [2.45, 2.75) is 58.9 Å². The minimum atomic E-state index is -0.0880. The summed E-state index contributed by atoms with van der Waals surface area (Å²) in [5, 5.41) is 3.40. The van der Waals surface area contributed by atoms with Crippen molar-refractivity contribution in [2.24, 2.45) is 5.41 Å². The molecular formula is C16H32N2O2. The van der Waals surface area contributed by atoms with Crippen LogP contribution < -0.4 is 5.32 Å². The van der Waals surface area contributed by atoms with Gasteiger partial charge in [-0.2, -0.15) is 0 Å². The van der Waals surface area contributed by atoms with Gasteiger partial charge in [0.25, 0.3) is 0 Å². The molecule has 20 heavy (non-hydrogen) atoms. The van der Waals surface area contributed by atoms with Crippen molar-refractivity contribution < 1.29 is 9.53 Å². The highest BCUT2D eigenvalue weighted by molar-refractivity contribution is 5.81. The standard InChI is InChI=1S/C16H32N2O2/c1-14(17-13-16(2,3)9-12-20-4)15(19)18-10-7-5-6-8-11-18/h14,17H,5-13H2,1-4H3. The highest BCUT2D eigenvalue weighted by Gasteiger charge is 2.24. The van der Waals surface area contributed by atoms with Crippen LogP contribution in [-0.2, 0) is 9.53 Å². The minimum Gasteiger partial charge on any atom is -0.385 e. The zero-order valence-corrected chi connectivity index (χ0v) is 13.7. The van der Waals surface area contributed by atoms with Gasteiger partial charge < -0.3 is 15.0 Å². The SMILES string of the molecule is COCCC(C)(C)CNC(C)C(=O)N1CCCCCC1. The number of methoxy groups -OCH3 is 1. The zero-order valence-electron chi connectivity index (χ0n) is 13.7. The first-order chi connectivity index (χ1) is 9.46. The molecule has 1 rings (SSSR count). The number of hydrogen-bond acceptors (Lipinski definition) is 3. The predicted molar refractivity (Wildman–Crippen MR) is 82.8 cm³/mol. The summed E-state index contributed by atoms with van der Waals surface area (Å²) in [6, 6.07) is -0.0880. The molecule has 0 bridgehead atoms. The van der Waals surface area contributed by atoms with Crippen molar-refractivity contribution in [2.75, 3.05) is 33.4 Å². The van der Waals surface area contributed by atoms with Gasteiger partial charge in [0.2, 0.25) is 5.91 Å².